The number of alkyl carbamates (subject to hydrolysis) is 1. The van der Waals surface area contributed by atoms with Crippen molar-refractivity contribution in [3.05, 3.63) is 35.9 Å². The maximum absolute atomic E-state index is 12.3. The van der Waals surface area contributed by atoms with Crippen molar-refractivity contribution in [2.24, 2.45) is 0 Å². The third-order valence-corrected chi connectivity index (χ3v) is 3.90. The monoisotopic (exact) mass is 377 g/mol. The second-order valence-electron chi connectivity index (χ2n) is 6.00. The molecule has 0 spiro atoms. The molecule has 27 heavy (non-hydrogen) atoms. The van der Waals surface area contributed by atoms with Gasteiger partial charge in [0.05, 0.1) is 0 Å². The molecule has 0 aliphatic carbocycles. The van der Waals surface area contributed by atoms with E-state index in [2.05, 4.69) is 10.6 Å². The van der Waals surface area contributed by atoms with Crippen molar-refractivity contribution in [3.63, 3.8) is 0 Å². The molecule has 1 saturated heterocycles. The minimum atomic E-state index is -1.04. The molecule has 3 amide bonds. The molecule has 146 valence electrons. The summed E-state index contributed by atoms with van der Waals surface area (Å²) in [5, 5.41) is 5.83. The first kappa shape index (κ1) is 20.4. The molecule has 1 heterocycles. The van der Waals surface area contributed by atoms with Crippen LogP contribution in [0.25, 0.3) is 0 Å². The highest BCUT2D eigenvalue weighted by molar-refractivity contribution is 6.01. The molecule has 1 atom stereocenters. The van der Waals surface area contributed by atoms with Crippen molar-refractivity contribution < 1.29 is 28.8 Å². The summed E-state index contributed by atoms with van der Waals surface area (Å²) < 4.78 is 5.11. The van der Waals surface area contributed by atoms with Crippen LogP contribution in [0.4, 0.5) is 4.79 Å². The van der Waals surface area contributed by atoms with E-state index in [1.807, 2.05) is 18.2 Å². The Morgan fingerprint density at radius 3 is 2.44 bits per heavy atom. The minimum absolute atomic E-state index is 0.00306. The van der Waals surface area contributed by atoms with Crippen molar-refractivity contribution in [2.75, 3.05) is 13.6 Å². The van der Waals surface area contributed by atoms with E-state index in [1.165, 1.54) is 0 Å². The van der Waals surface area contributed by atoms with Gasteiger partial charge in [-0.15, -0.1) is 5.06 Å². The van der Waals surface area contributed by atoms with Crippen molar-refractivity contribution in [3.8, 4) is 0 Å². The number of hydrogen-bond acceptors (Lipinski definition) is 7. The van der Waals surface area contributed by atoms with Crippen LogP contribution in [-0.4, -0.2) is 48.6 Å². The maximum Gasteiger partial charge on any atom is 0.408 e. The van der Waals surface area contributed by atoms with E-state index in [0.29, 0.717) is 18.0 Å². The van der Waals surface area contributed by atoms with E-state index < -0.39 is 29.9 Å². The SMILES string of the molecule is CNCCC[C@H](NC(=O)OCc1ccccc1)C(=O)ON1C(=O)CCC1=O. The molecular formula is C18H23N3O6. The molecule has 1 aromatic carbocycles. The second kappa shape index (κ2) is 10.3. The van der Waals surface area contributed by atoms with Crippen LogP contribution in [0.15, 0.2) is 30.3 Å². The Morgan fingerprint density at radius 2 is 1.81 bits per heavy atom. The molecule has 0 unspecified atom stereocenters. The van der Waals surface area contributed by atoms with Crippen LogP contribution < -0.4 is 10.6 Å². The topological polar surface area (TPSA) is 114 Å². The van der Waals surface area contributed by atoms with E-state index >= 15 is 0 Å². The lowest BCUT2D eigenvalue weighted by Gasteiger charge is -2.20. The van der Waals surface area contributed by atoms with Gasteiger partial charge in [0.15, 0.2) is 0 Å². The summed E-state index contributed by atoms with van der Waals surface area (Å²) in [4.78, 5) is 52.4. The third-order valence-electron chi connectivity index (χ3n) is 3.90. The number of amides is 3. The summed E-state index contributed by atoms with van der Waals surface area (Å²) in [7, 11) is 1.76. The fourth-order valence-electron chi connectivity index (χ4n) is 2.45. The highest BCUT2D eigenvalue weighted by Crippen LogP contribution is 2.13. The van der Waals surface area contributed by atoms with Gasteiger partial charge >= 0.3 is 12.1 Å². The summed E-state index contributed by atoms with van der Waals surface area (Å²) in [6, 6.07) is 8.05. The number of nitrogens with one attached hydrogen (secondary N) is 2. The van der Waals surface area contributed by atoms with Gasteiger partial charge in [-0.1, -0.05) is 30.3 Å². The van der Waals surface area contributed by atoms with Gasteiger partial charge < -0.3 is 20.2 Å². The van der Waals surface area contributed by atoms with Gasteiger partial charge in [0.2, 0.25) is 0 Å². The summed E-state index contributed by atoms with van der Waals surface area (Å²) in [6.45, 7) is 0.667. The Labute approximate surface area is 156 Å². The first-order chi connectivity index (χ1) is 13.0. The smallest absolute Gasteiger partial charge is 0.408 e. The lowest BCUT2D eigenvalue weighted by atomic mass is 10.1. The van der Waals surface area contributed by atoms with Crippen molar-refractivity contribution >= 4 is 23.9 Å². The molecule has 0 radical (unpaired) electrons. The highest BCUT2D eigenvalue weighted by atomic mass is 16.7. The Morgan fingerprint density at radius 1 is 1.15 bits per heavy atom. The average molecular weight is 377 g/mol. The molecule has 1 aliphatic rings. The molecule has 0 saturated carbocycles. The van der Waals surface area contributed by atoms with Crippen LogP contribution in [0.5, 0.6) is 0 Å². The lowest BCUT2D eigenvalue weighted by molar-refractivity contribution is -0.199. The highest BCUT2D eigenvalue weighted by Gasteiger charge is 2.35. The van der Waals surface area contributed by atoms with Gasteiger partial charge in [-0.3, -0.25) is 9.59 Å². The number of hydrogen-bond donors (Lipinski definition) is 2. The zero-order valence-electron chi connectivity index (χ0n) is 15.1. The molecule has 2 rings (SSSR count). The van der Waals surface area contributed by atoms with Gasteiger partial charge in [-0.25, -0.2) is 9.59 Å². The standard InChI is InChI=1S/C18H23N3O6/c1-19-11-5-8-14(17(24)27-21-15(22)9-10-16(21)23)20-18(25)26-12-13-6-3-2-4-7-13/h2-4,6-7,14,19H,5,8-12H2,1H3,(H,20,25)/t14-/m0/s1. The molecular weight excluding hydrogens is 354 g/mol. The Balaban J connectivity index is 1.91. The quantitative estimate of drug-likeness (QED) is 0.485. The number of carbonyl (C=O) groups is 4. The summed E-state index contributed by atoms with van der Waals surface area (Å²) in [6.07, 6.45) is 0.0453. The maximum atomic E-state index is 12.3. The fourth-order valence-corrected chi connectivity index (χ4v) is 2.45. The van der Waals surface area contributed by atoms with Crippen molar-refractivity contribution in [1.29, 1.82) is 0 Å². The molecule has 1 fully saturated rings. The average Bonchev–Trinajstić information content (AvgIpc) is 2.98. The van der Waals surface area contributed by atoms with Gasteiger partial charge in [-0.05, 0) is 32.0 Å². The summed E-state index contributed by atoms with van der Waals surface area (Å²) in [5.74, 6) is -2.03. The van der Waals surface area contributed by atoms with E-state index in [4.69, 9.17) is 9.57 Å². The molecule has 1 aliphatic heterocycles. The van der Waals surface area contributed by atoms with Gasteiger partial charge in [-0.2, -0.15) is 0 Å². The van der Waals surface area contributed by atoms with Crippen LogP contribution in [0.3, 0.4) is 0 Å². The molecule has 9 heteroatoms. The van der Waals surface area contributed by atoms with Gasteiger partial charge in [0.25, 0.3) is 11.8 Å². The zero-order valence-corrected chi connectivity index (χ0v) is 15.1. The van der Waals surface area contributed by atoms with Crippen molar-refractivity contribution in [2.45, 2.75) is 38.3 Å². The summed E-state index contributed by atoms with van der Waals surface area (Å²) in [5.41, 5.74) is 0.801. The summed E-state index contributed by atoms with van der Waals surface area (Å²) >= 11 is 0. The molecule has 0 aromatic heterocycles. The van der Waals surface area contributed by atoms with Crippen LogP contribution in [-0.2, 0) is 30.6 Å². The number of nitrogens with zero attached hydrogens (tertiary/aromatic N) is 1. The molecule has 0 bridgehead atoms. The zero-order chi connectivity index (χ0) is 19.6. The van der Waals surface area contributed by atoms with E-state index in [-0.39, 0.29) is 25.9 Å². The van der Waals surface area contributed by atoms with Crippen LogP contribution in [0, 0.1) is 0 Å². The minimum Gasteiger partial charge on any atom is -0.445 e. The van der Waals surface area contributed by atoms with E-state index in [9.17, 15) is 19.2 Å². The Hall–Kier alpha value is -2.94. The Bertz CT molecular complexity index is 663. The molecule has 2 N–H and O–H groups in total. The van der Waals surface area contributed by atoms with Gasteiger partial charge in [0.1, 0.15) is 12.6 Å². The first-order valence-corrected chi connectivity index (χ1v) is 8.70. The first-order valence-electron chi connectivity index (χ1n) is 8.70. The largest absolute Gasteiger partial charge is 0.445 e. The lowest BCUT2D eigenvalue weighted by Crippen LogP contribution is -2.45. The molecule has 1 aromatic rings. The second-order valence-corrected chi connectivity index (χ2v) is 6.00. The van der Waals surface area contributed by atoms with E-state index in [0.717, 1.165) is 5.56 Å². The molecule has 9 nitrogen and oxygen atoms in total. The van der Waals surface area contributed by atoms with Crippen LogP contribution >= 0.6 is 0 Å². The number of hydroxylamine groups is 2. The number of imide groups is 1. The number of carbonyl (C=O) groups excluding carboxylic acids is 4. The number of rotatable bonds is 9. The normalized spacial score (nSPS) is 14.8. The number of benzene rings is 1. The Kier molecular flexibility index (Phi) is 7.75. The van der Waals surface area contributed by atoms with Crippen molar-refractivity contribution in [1.82, 2.24) is 15.7 Å². The van der Waals surface area contributed by atoms with Crippen LogP contribution in [0.1, 0.15) is 31.2 Å². The predicted octanol–water partition coefficient (Wildman–Crippen LogP) is 0.888. The van der Waals surface area contributed by atoms with Gasteiger partial charge in [0, 0.05) is 12.8 Å². The number of ether oxygens (including phenoxy) is 1. The third kappa shape index (κ3) is 6.37. The predicted molar refractivity (Wildman–Crippen MR) is 93.9 cm³/mol. The van der Waals surface area contributed by atoms with E-state index in [1.54, 1.807) is 19.2 Å². The fraction of sp³-hybridized carbons (Fsp3) is 0.444. The van der Waals surface area contributed by atoms with Crippen LogP contribution in [0.2, 0.25) is 0 Å².